The molecule has 1 aliphatic rings. The van der Waals surface area contributed by atoms with Gasteiger partial charge in [-0.3, -0.25) is 0 Å². The molecule has 0 amide bonds. The lowest BCUT2D eigenvalue weighted by molar-refractivity contribution is 0.0548. The van der Waals surface area contributed by atoms with Gasteiger partial charge in [-0.1, -0.05) is 42.5 Å². The third-order valence-corrected chi connectivity index (χ3v) is 5.47. The molecule has 1 saturated heterocycles. The number of para-hydroxylation sites is 1. The van der Waals surface area contributed by atoms with E-state index in [0.29, 0.717) is 13.2 Å². The summed E-state index contributed by atoms with van der Waals surface area (Å²) in [6, 6.07) is 18.5. The Labute approximate surface area is 158 Å². The van der Waals surface area contributed by atoms with Crippen LogP contribution in [0.25, 0.3) is 0 Å². The van der Waals surface area contributed by atoms with Crippen LogP contribution < -0.4 is 4.74 Å². The van der Waals surface area contributed by atoms with Crippen molar-refractivity contribution in [3.05, 3.63) is 64.6 Å². The fourth-order valence-corrected chi connectivity index (χ4v) is 3.82. The number of aliphatic hydroxyl groups is 1. The molecular formula is C21H26BrNO2. The average molecular weight is 404 g/mol. The first-order valence-electron chi connectivity index (χ1n) is 9.02. The molecule has 1 N–H and O–H groups in total. The molecule has 0 spiro atoms. The van der Waals surface area contributed by atoms with Gasteiger partial charge in [-0.05, 0) is 71.9 Å². The predicted molar refractivity (Wildman–Crippen MR) is 105 cm³/mol. The number of aliphatic hydroxyl groups excluding tert-OH is 1. The Bertz CT molecular complexity index is 641. The van der Waals surface area contributed by atoms with Gasteiger partial charge in [0.25, 0.3) is 0 Å². The van der Waals surface area contributed by atoms with Crippen LogP contribution in [0, 0.1) is 5.92 Å². The number of β-amino-alcohol motifs (C(OH)–C–C–N with tert-alkyl or cyclic N) is 1. The molecule has 0 radical (unpaired) electrons. The van der Waals surface area contributed by atoms with Gasteiger partial charge in [0.05, 0.1) is 4.47 Å². The highest BCUT2D eigenvalue weighted by atomic mass is 79.9. The van der Waals surface area contributed by atoms with Gasteiger partial charge in [-0.25, -0.2) is 0 Å². The maximum absolute atomic E-state index is 10.3. The second-order valence-electron chi connectivity index (χ2n) is 6.83. The monoisotopic (exact) mass is 403 g/mol. The molecule has 3 rings (SSSR count). The molecule has 1 fully saturated rings. The Morgan fingerprint density at radius 3 is 2.44 bits per heavy atom. The first kappa shape index (κ1) is 18.4. The minimum atomic E-state index is -0.460. The Morgan fingerprint density at radius 2 is 1.72 bits per heavy atom. The Kier molecular flexibility index (Phi) is 6.91. The van der Waals surface area contributed by atoms with Crippen molar-refractivity contribution in [1.82, 2.24) is 4.90 Å². The van der Waals surface area contributed by atoms with Crippen LogP contribution in [0.4, 0.5) is 0 Å². The normalized spacial score (nSPS) is 17.4. The van der Waals surface area contributed by atoms with Crippen molar-refractivity contribution in [1.29, 1.82) is 0 Å². The number of rotatable bonds is 7. The molecule has 25 heavy (non-hydrogen) atoms. The van der Waals surface area contributed by atoms with Gasteiger partial charge < -0.3 is 14.7 Å². The van der Waals surface area contributed by atoms with Crippen molar-refractivity contribution in [3.63, 3.8) is 0 Å². The van der Waals surface area contributed by atoms with E-state index in [9.17, 15) is 5.11 Å². The topological polar surface area (TPSA) is 32.7 Å². The van der Waals surface area contributed by atoms with E-state index in [1.165, 1.54) is 24.8 Å². The molecule has 0 aromatic heterocycles. The van der Waals surface area contributed by atoms with Crippen molar-refractivity contribution in [2.75, 3.05) is 26.2 Å². The molecule has 0 bridgehead atoms. The summed E-state index contributed by atoms with van der Waals surface area (Å²) in [4.78, 5) is 2.36. The van der Waals surface area contributed by atoms with Gasteiger partial charge in [0, 0.05) is 6.54 Å². The zero-order valence-corrected chi connectivity index (χ0v) is 16.1. The average Bonchev–Trinajstić information content (AvgIpc) is 2.64. The largest absolute Gasteiger partial charge is 0.490 e. The summed E-state index contributed by atoms with van der Waals surface area (Å²) in [5.74, 6) is 1.54. The number of hydrogen-bond acceptors (Lipinski definition) is 3. The first-order valence-corrected chi connectivity index (χ1v) is 9.81. The summed E-state index contributed by atoms with van der Waals surface area (Å²) >= 11 is 3.46. The summed E-state index contributed by atoms with van der Waals surface area (Å²) in [6.45, 7) is 3.13. The predicted octanol–water partition coefficient (Wildman–Crippen LogP) is 4.14. The summed E-state index contributed by atoms with van der Waals surface area (Å²) in [5, 5.41) is 10.3. The molecule has 3 nitrogen and oxygen atoms in total. The molecule has 1 heterocycles. The Hall–Kier alpha value is -1.36. The number of halogens is 1. The van der Waals surface area contributed by atoms with Crippen LogP contribution >= 0.6 is 15.9 Å². The molecule has 0 aliphatic carbocycles. The van der Waals surface area contributed by atoms with Gasteiger partial charge in [0.1, 0.15) is 18.5 Å². The van der Waals surface area contributed by atoms with Gasteiger partial charge >= 0.3 is 0 Å². The summed E-state index contributed by atoms with van der Waals surface area (Å²) < 4.78 is 6.64. The van der Waals surface area contributed by atoms with E-state index in [-0.39, 0.29) is 0 Å². The van der Waals surface area contributed by atoms with Crippen molar-refractivity contribution < 1.29 is 9.84 Å². The van der Waals surface area contributed by atoms with Crippen LogP contribution in [0.1, 0.15) is 18.4 Å². The number of ether oxygens (including phenoxy) is 1. The van der Waals surface area contributed by atoms with Gasteiger partial charge in [-0.15, -0.1) is 0 Å². The number of nitrogens with zero attached hydrogens (tertiary/aromatic N) is 1. The van der Waals surface area contributed by atoms with Crippen LogP contribution in [-0.2, 0) is 6.42 Å². The number of hydrogen-bond donors (Lipinski definition) is 1. The van der Waals surface area contributed by atoms with Crippen LogP contribution in [-0.4, -0.2) is 42.4 Å². The summed E-state index contributed by atoms with van der Waals surface area (Å²) in [7, 11) is 0. The quantitative estimate of drug-likeness (QED) is 0.753. The van der Waals surface area contributed by atoms with Gasteiger partial charge in [-0.2, -0.15) is 0 Å². The molecular weight excluding hydrogens is 378 g/mol. The fourth-order valence-electron chi connectivity index (χ4n) is 3.42. The maximum Gasteiger partial charge on any atom is 0.133 e. The smallest absolute Gasteiger partial charge is 0.133 e. The van der Waals surface area contributed by atoms with Gasteiger partial charge in [0.2, 0.25) is 0 Å². The number of piperidine rings is 1. The Morgan fingerprint density at radius 1 is 1.04 bits per heavy atom. The third kappa shape index (κ3) is 5.84. The van der Waals surface area contributed by atoms with E-state index in [1.807, 2.05) is 24.3 Å². The summed E-state index contributed by atoms with van der Waals surface area (Å²) in [6.07, 6.45) is 3.11. The van der Waals surface area contributed by atoms with E-state index in [2.05, 4.69) is 51.2 Å². The molecule has 0 unspecified atom stereocenters. The van der Waals surface area contributed by atoms with E-state index < -0.39 is 6.10 Å². The maximum atomic E-state index is 10.3. The fraction of sp³-hybridized carbons (Fsp3) is 0.429. The highest BCUT2D eigenvalue weighted by Crippen LogP contribution is 2.24. The highest BCUT2D eigenvalue weighted by molar-refractivity contribution is 9.10. The minimum absolute atomic E-state index is 0.326. The van der Waals surface area contributed by atoms with E-state index in [0.717, 1.165) is 29.2 Å². The molecule has 2 aromatic carbocycles. The van der Waals surface area contributed by atoms with E-state index in [4.69, 9.17) is 4.74 Å². The molecule has 4 heteroatoms. The van der Waals surface area contributed by atoms with Crippen LogP contribution in [0.5, 0.6) is 5.75 Å². The van der Waals surface area contributed by atoms with E-state index in [1.54, 1.807) is 0 Å². The SMILES string of the molecule is O[C@@H](COc1ccccc1Br)CN1CCC(Cc2ccccc2)CC1. The standard InChI is InChI=1S/C21H26BrNO2/c22-20-8-4-5-9-21(20)25-16-19(24)15-23-12-10-18(11-13-23)14-17-6-2-1-3-7-17/h1-9,18-19,24H,10-16H2/t19-/m1/s1. The van der Waals surface area contributed by atoms with Crippen LogP contribution in [0.2, 0.25) is 0 Å². The van der Waals surface area contributed by atoms with Crippen molar-refractivity contribution in [2.24, 2.45) is 5.92 Å². The lowest BCUT2D eigenvalue weighted by Crippen LogP contribution is -2.41. The van der Waals surface area contributed by atoms with Gasteiger partial charge in [0.15, 0.2) is 0 Å². The second kappa shape index (κ2) is 9.37. The molecule has 134 valence electrons. The van der Waals surface area contributed by atoms with Crippen molar-refractivity contribution in [3.8, 4) is 5.75 Å². The first-order chi connectivity index (χ1) is 12.2. The molecule has 2 aromatic rings. The zero-order chi connectivity index (χ0) is 17.5. The second-order valence-corrected chi connectivity index (χ2v) is 7.68. The van der Waals surface area contributed by atoms with Crippen molar-refractivity contribution in [2.45, 2.75) is 25.4 Å². The Balaban J connectivity index is 1.37. The zero-order valence-electron chi connectivity index (χ0n) is 14.5. The van der Waals surface area contributed by atoms with Crippen molar-refractivity contribution >= 4 is 15.9 Å². The number of benzene rings is 2. The van der Waals surface area contributed by atoms with E-state index >= 15 is 0 Å². The third-order valence-electron chi connectivity index (χ3n) is 4.81. The summed E-state index contributed by atoms with van der Waals surface area (Å²) in [5.41, 5.74) is 1.43. The number of likely N-dealkylation sites (tertiary alicyclic amines) is 1. The highest BCUT2D eigenvalue weighted by Gasteiger charge is 2.21. The lowest BCUT2D eigenvalue weighted by Gasteiger charge is -2.33. The van der Waals surface area contributed by atoms with Crippen LogP contribution in [0.15, 0.2) is 59.1 Å². The lowest BCUT2D eigenvalue weighted by atomic mass is 9.90. The minimum Gasteiger partial charge on any atom is -0.490 e. The van der Waals surface area contributed by atoms with Crippen LogP contribution in [0.3, 0.4) is 0 Å². The molecule has 0 saturated carbocycles. The molecule has 1 atom stereocenters. The molecule has 1 aliphatic heterocycles.